The summed E-state index contributed by atoms with van der Waals surface area (Å²) in [6, 6.07) is 6.74. The van der Waals surface area contributed by atoms with E-state index in [1.165, 1.54) is 42.4 Å². The van der Waals surface area contributed by atoms with Gasteiger partial charge in [0.1, 0.15) is 5.01 Å². The number of aryl methyl sites for hydroxylation is 2. The predicted molar refractivity (Wildman–Crippen MR) is 88.1 cm³/mol. The Kier molecular flexibility index (Phi) is 3.97. The molecule has 4 rings (SSSR count). The fraction of sp³-hybridized carbons (Fsp3) is 0.333. The van der Waals surface area contributed by atoms with Crippen molar-refractivity contribution in [1.82, 2.24) is 14.6 Å². The van der Waals surface area contributed by atoms with Crippen molar-refractivity contribution in [2.24, 2.45) is 5.73 Å². The Morgan fingerprint density at radius 1 is 1.19 bits per heavy atom. The van der Waals surface area contributed by atoms with Gasteiger partial charge in [-0.25, -0.2) is 9.50 Å². The van der Waals surface area contributed by atoms with Gasteiger partial charge in [0, 0.05) is 12.1 Å². The molecule has 0 unspecified atom stereocenters. The molecule has 1 aliphatic carbocycles. The van der Waals surface area contributed by atoms with Crippen molar-refractivity contribution in [1.29, 1.82) is 0 Å². The van der Waals surface area contributed by atoms with Crippen molar-refractivity contribution >= 4 is 28.7 Å². The van der Waals surface area contributed by atoms with E-state index in [4.69, 9.17) is 5.73 Å². The predicted octanol–water partition coefficient (Wildman–Crippen LogP) is 3.22. The molecule has 2 N–H and O–H groups in total. The quantitative estimate of drug-likeness (QED) is 0.788. The third-order valence-electron chi connectivity index (χ3n) is 3.90. The van der Waals surface area contributed by atoms with Gasteiger partial charge in [-0.15, -0.1) is 12.4 Å². The lowest BCUT2D eigenvalue weighted by molar-refractivity contribution is 0.686. The second-order valence-corrected chi connectivity index (χ2v) is 6.28. The molecule has 2 heterocycles. The van der Waals surface area contributed by atoms with Gasteiger partial charge in [-0.1, -0.05) is 23.5 Å². The number of hydrogen-bond acceptors (Lipinski definition) is 4. The van der Waals surface area contributed by atoms with E-state index in [1.807, 2.05) is 10.7 Å². The fourth-order valence-corrected chi connectivity index (χ4v) is 3.61. The molecule has 1 aliphatic rings. The Morgan fingerprint density at radius 2 is 2.00 bits per heavy atom. The van der Waals surface area contributed by atoms with Crippen LogP contribution in [0.15, 0.2) is 24.4 Å². The summed E-state index contributed by atoms with van der Waals surface area (Å²) in [6.07, 6.45) is 7.03. The molecule has 0 fully saturated rings. The van der Waals surface area contributed by atoms with Gasteiger partial charge in [0.05, 0.1) is 11.9 Å². The van der Waals surface area contributed by atoms with Crippen LogP contribution in [0.2, 0.25) is 0 Å². The lowest BCUT2D eigenvalue weighted by atomic mass is 9.90. The average molecular weight is 321 g/mol. The Morgan fingerprint density at radius 3 is 2.76 bits per heavy atom. The van der Waals surface area contributed by atoms with E-state index in [2.05, 4.69) is 28.3 Å². The van der Waals surface area contributed by atoms with Crippen LogP contribution in [0.5, 0.6) is 0 Å². The van der Waals surface area contributed by atoms with Crippen molar-refractivity contribution in [2.75, 3.05) is 0 Å². The van der Waals surface area contributed by atoms with Crippen LogP contribution >= 0.6 is 23.7 Å². The largest absolute Gasteiger partial charge is 0.324 e. The maximum Gasteiger partial charge on any atom is 0.212 e. The number of fused-ring (bicyclic) bond motifs is 2. The highest BCUT2D eigenvalue weighted by Crippen LogP contribution is 2.28. The summed E-state index contributed by atoms with van der Waals surface area (Å²) in [5.74, 6) is 0. The molecule has 0 radical (unpaired) electrons. The Hall–Kier alpha value is -1.43. The van der Waals surface area contributed by atoms with E-state index in [0.717, 1.165) is 15.7 Å². The Balaban J connectivity index is 0.00000132. The maximum atomic E-state index is 5.61. The topological polar surface area (TPSA) is 56.2 Å². The van der Waals surface area contributed by atoms with Gasteiger partial charge in [-0.3, -0.25) is 0 Å². The van der Waals surface area contributed by atoms with Crippen LogP contribution in [0.3, 0.4) is 0 Å². The van der Waals surface area contributed by atoms with Crippen LogP contribution in [0.4, 0.5) is 0 Å². The molecule has 4 nitrogen and oxygen atoms in total. The first kappa shape index (κ1) is 14.5. The number of nitrogens with zero attached hydrogens (tertiary/aromatic N) is 3. The second-order valence-electron chi connectivity index (χ2n) is 5.24. The number of benzene rings is 1. The van der Waals surface area contributed by atoms with Crippen molar-refractivity contribution in [2.45, 2.75) is 32.2 Å². The molecule has 0 amide bonds. The molecule has 0 aliphatic heterocycles. The average Bonchev–Trinajstić information content (AvgIpc) is 3.04. The van der Waals surface area contributed by atoms with E-state index in [0.29, 0.717) is 6.54 Å². The first-order chi connectivity index (χ1) is 9.83. The number of rotatable bonds is 2. The van der Waals surface area contributed by atoms with Crippen LogP contribution in [-0.2, 0) is 19.4 Å². The van der Waals surface area contributed by atoms with E-state index in [-0.39, 0.29) is 12.4 Å². The normalized spacial score (nSPS) is 14.0. The lowest BCUT2D eigenvalue weighted by Crippen LogP contribution is -2.02. The van der Waals surface area contributed by atoms with Crippen LogP contribution in [0.1, 0.15) is 29.0 Å². The summed E-state index contributed by atoms with van der Waals surface area (Å²) < 4.78 is 1.83. The first-order valence-corrected chi connectivity index (χ1v) is 7.82. The fourth-order valence-electron chi connectivity index (χ4n) is 2.86. The zero-order valence-electron chi connectivity index (χ0n) is 11.6. The highest BCUT2D eigenvalue weighted by atomic mass is 35.5. The van der Waals surface area contributed by atoms with Crippen LogP contribution in [-0.4, -0.2) is 14.6 Å². The number of aromatic nitrogens is 3. The van der Waals surface area contributed by atoms with Gasteiger partial charge in [-0.05, 0) is 42.9 Å². The molecule has 0 atom stereocenters. The van der Waals surface area contributed by atoms with E-state index >= 15 is 0 Å². The van der Waals surface area contributed by atoms with Crippen molar-refractivity contribution < 1.29 is 0 Å². The van der Waals surface area contributed by atoms with E-state index < -0.39 is 0 Å². The first-order valence-electron chi connectivity index (χ1n) is 7.01. The molecule has 21 heavy (non-hydrogen) atoms. The Labute approximate surface area is 133 Å². The summed E-state index contributed by atoms with van der Waals surface area (Å²) in [6.45, 7) is 0.474. The smallest absolute Gasteiger partial charge is 0.212 e. The minimum Gasteiger partial charge on any atom is -0.324 e. The molecular weight excluding hydrogens is 304 g/mol. The summed E-state index contributed by atoms with van der Waals surface area (Å²) >= 11 is 1.56. The standard InChI is InChI=1S/C15H16N4S.ClH/c16-8-14-18-19-9-13(17-15(19)20-14)12-6-5-10-3-1-2-4-11(10)7-12;/h5-7,9H,1-4,8,16H2;1H. The Bertz CT molecular complexity index is 746. The molecule has 0 saturated heterocycles. The summed E-state index contributed by atoms with van der Waals surface area (Å²) in [5, 5.41) is 5.33. The molecule has 0 bridgehead atoms. The van der Waals surface area contributed by atoms with Gasteiger partial charge >= 0.3 is 0 Å². The van der Waals surface area contributed by atoms with E-state index in [9.17, 15) is 0 Å². The van der Waals surface area contributed by atoms with Gasteiger partial charge < -0.3 is 5.73 Å². The zero-order valence-corrected chi connectivity index (χ0v) is 13.2. The maximum absolute atomic E-state index is 5.61. The molecule has 2 aromatic heterocycles. The molecule has 0 spiro atoms. The highest BCUT2D eigenvalue weighted by Gasteiger charge is 2.13. The number of imidazole rings is 1. The monoisotopic (exact) mass is 320 g/mol. The van der Waals surface area contributed by atoms with Crippen molar-refractivity contribution in [3.05, 3.63) is 40.5 Å². The molecule has 6 heteroatoms. The van der Waals surface area contributed by atoms with Crippen molar-refractivity contribution in [3.63, 3.8) is 0 Å². The highest BCUT2D eigenvalue weighted by molar-refractivity contribution is 7.16. The molecule has 110 valence electrons. The summed E-state index contributed by atoms with van der Waals surface area (Å²) in [5.41, 5.74) is 10.8. The van der Waals surface area contributed by atoms with Crippen molar-refractivity contribution in [3.8, 4) is 11.3 Å². The number of halogens is 1. The SMILES string of the molecule is Cl.NCc1nn2cc(-c3ccc4c(c3)CCCC4)nc2s1. The molecule has 1 aromatic carbocycles. The van der Waals surface area contributed by atoms with Crippen LogP contribution < -0.4 is 5.73 Å². The lowest BCUT2D eigenvalue weighted by Gasteiger charge is -2.15. The van der Waals surface area contributed by atoms with Gasteiger partial charge in [0.2, 0.25) is 4.96 Å². The third kappa shape index (κ3) is 2.57. The minimum absolute atomic E-state index is 0. The summed E-state index contributed by atoms with van der Waals surface area (Å²) in [4.78, 5) is 5.58. The molecular formula is C15H17ClN4S. The molecule has 3 aromatic rings. The van der Waals surface area contributed by atoms with Gasteiger partial charge in [-0.2, -0.15) is 5.10 Å². The number of nitrogens with two attached hydrogens (primary N) is 1. The van der Waals surface area contributed by atoms with Crippen LogP contribution in [0.25, 0.3) is 16.2 Å². The van der Waals surface area contributed by atoms with Crippen LogP contribution in [0, 0.1) is 0 Å². The minimum atomic E-state index is 0. The third-order valence-corrected chi connectivity index (χ3v) is 4.85. The second kappa shape index (κ2) is 5.75. The van der Waals surface area contributed by atoms with Gasteiger partial charge in [0.25, 0.3) is 0 Å². The van der Waals surface area contributed by atoms with Gasteiger partial charge in [0.15, 0.2) is 0 Å². The zero-order chi connectivity index (χ0) is 13.5. The van der Waals surface area contributed by atoms with E-state index in [1.54, 1.807) is 11.3 Å². The summed E-state index contributed by atoms with van der Waals surface area (Å²) in [7, 11) is 0. The number of hydrogen-bond donors (Lipinski definition) is 1. The molecule has 0 saturated carbocycles.